The summed E-state index contributed by atoms with van der Waals surface area (Å²) >= 11 is 0. The lowest BCUT2D eigenvalue weighted by atomic mass is 9.95. The molecule has 2 aromatic heterocycles. The Morgan fingerprint density at radius 1 is 1.19 bits per heavy atom. The van der Waals surface area contributed by atoms with Crippen molar-refractivity contribution < 1.29 is 12.8 Å². The number of hydrogen-bond acceptors (Lipinski definition) is 6. The molecule has 1 aliphatic rings. The number of aryl methyl sites for hydroxylation is 1. The van der Waals surface area contributed by atoms with Gasteiger partial charge in [0.05, 0.1) is 10.6 Å². The van der Waals surface area contributed by atoms with E-state index in [0.717, 1.165) is 17.7 Å². The second-order valence-electron chi connectivity index (χ2n) is 7.61. The van der Waals surface area contributed by atoms with Gasteiger partial charge in [0.2, 0.25) is 10.0 Å². The number of aromatic nitrogens is 3. The zero-order valence-corrected chi connectivity index (χ0v) is 18.2. The van der Waals surface area contributed by atoms with Gasteiger partial charge in [-0.3, -0.25) is 4.98 Å². The third kappa shape index (κ3) is 4.42. The quantitative estimate of drug-likeness (QED) is 0.651. The van der Waals surface area contributed by atoms with Crippen LogP contribution in [0.1, 0.15) is 30.0 Å². The van der Waals surface area contributed by atoms with Crippen molar-refractivity contribution in [2.45, 2.75) is 30.6 Å². The first-order valence-electron chi connectivity index (χ1n) is 10.1. The van der Waals surface area contributed by atoms with E-state index in [4.69, 9.17) is 4.98 Å². The van der Waals surface area contributed by atoms with E-state index in [9.17, 15) is 12.8 Å². The van der Waals surface area contributed by atoms with Crippen LogP contribution in [0.4, 0.5) is 10.2 Å². The van der Waals surface area contributed by atoms with E-state index >= 15 is 0 Å². The molecular weight excluding hydrogens is 417 g/mol. The van der Waals surface area contributed by atoms with Crippen molar-refractivity contribution in [1.82, 2.24) is 19.3 Å². The largest absolute Gasteiger partial charge is 0.373 e. The van der Waals surface area contributed by atoms with Crippen molar-refractivity contribution in [3.05, 3.63) is 65.9 Å². The maximum Gasteiger partial charge on any atom is 0.243 e. The molecule has 0 amide bonds. The Kier molecular flexibility index (Phi) is 5.97. The maximum absolute atomic E-state index is 13.5. The van der Waals surface area contributed by atoms with Gasteiger partial charge in [-0.15, -0.1) is 0 Å². The van der Waals surface area contributed by atoms with Crippen molar-refractivity contribution in [3.63, 3.8) is 0 Å². The van der Waals surface area contributed by atoms with Gasteiger partial charge in [-0.05, 0) is 55.7 Å². The zero-order chi connectivity index (χ0) is 22.0. The van der Waals surface area contributed by atoms with Crippen molar-refractivity contribution >= 4 is 15.8 Å². The van der Waals surface area contributed by atoms with Gasteiger partial charge in [-0.2, -0.15) is 4.31 Å². The smallest absolute Gasteiger partial charge is 0.243 e. The molecule has 0 unspecified atom stereocenters. The lowest BCUT2D eigenvalue weighted by Gasteiger charge is -2.32. The van der Waals surface area contributed by atoms with Gasteiger partial charge in [0.15, 0.2) is 5.82 Å². The second-order valence-corrected chi connectivity index (χ2v) is 9.51. The van der Waals surface area contributed by atoms with Gasteiger partial charge in [0, 0.05) is 50.1 Å². The summed E-state index contributed by atoms with van der Waals surface area (Å²) in [6.07, 6.45) is 4.92. The molecule has 1 atom stereocenters. The summed E-state index contributed by atoms with van der Waals surface area (Å²) in [6, 6.07) is 9.35. The summed E-state index contributed by atoms with van der Waals surface area (Å²) in [5.74, 6) is 0.689. The van der Waals surface area contributed by atoms with Crippen molar-refractivity contribution in [3.8, 4) is 11.4 Å². The number of anilines is 1. The number of pyridine rings is 1. The molecular formula is C22H24FN5O2S. The number of sulfonamides is 1. The first-order valence-corrected chi connectivity index (χ1v) is 11.6. The average molecular weight is 442 g/mol. The minimum Gasteiger partial charge on any atom is -0.373 e. The molecule has 1 saturated heterocycles. The molecule has 0 bridgehead atoms. The fourth-order valence-electron chi connectivity index (χ4n) is 3.87. The molecule has 1 aliphatic heterocycles. The molecule has 162 valence electrons. The van der Waals surface area contributed by atoms with Crippen LogP contribution >= 0.6 is 0 Å². The molecule has 4 rings (SSSR count). The monoisotopic (exact) mass is 441 g/mol. The van der Waals surface area contributed by atoms with E-state index in [-0.39, 0.29) is 10.8 Å². The van der Waals surface area contributed by atoms with E-state index < -0.39 is 15.8 Å². The molecule has 1 fully saturated rings. The minimum absolute atomic E-state index is 0.0743. The van der Waals surface area contributed by atoms with Crippen molar-refractivity contribution in [2.75, 3.05) is 25.5 Å². The summed E-state index contributed by atoms with van der Waals surface area (Å²) < 4.78 is 41.5. The van der Waals surface area contributed by atoms with Gasteiger partial charge >= 0.3 is 0 Å². The van der Waals surface area contributed by atoms with Crippen LogP contribution in [-0.2, 0) is 10.0 Å². The summed E-state index contributed by atoms with van der Waals surface area (Å²) in [7, 11) is -1.94. The second kappa shape index (κ2) is 8.68. The number of benzene rings is 1. The zero-order valence-electron chi connectivity index (χ0n) is 17.4. The average Bonchev–Trinajstić information content (AvgIpc) is 2.79. The predicted molar refractivity (Wildman–Crippen MR) is 117 cm³/mol. The predicted octanol–water partition coefficient (Wildman–Crippen LogP) is 3.60. The Bertz CT molecular complexity index is 1190. The van der Waals surface area contributed by atoms with Crippen LogP contribution in [0.2, 0.25) is 0 Å². The lowest BCUT2D eigenvalue weighted by Crippen LogP contribution is -2.39. The summed E-state index contributed by atoms with van der Waals surface area (Å²) in [6.45, 7) is 2.35. The molecule has 0 aliphatic carbocycles. The first kappa shape index (κ1) is 21.3. The number of hydrogen-bond donors (Lipinski definition) is 1. The van der Waals surface area contributed by atoms with E-state index in [1.165, 1.54) is 22.5 Å². The fourth-order valence-corrected chi connectivity index (χ4v) is 5.60. The Balaban J connectivity index is 1.66. The third-order valence-corrected chi connectivity index (χ3v) is 7.50. The highest BCUT2D eigenvalue weighted by Gasteiger charge is 2.32. The Morgan fingerprint density at radius 2 is 2.03 bits per heavy atom. The number of nitrogens with one attached hydrogen (secondary N) is 1. The van der Waals surface area contributed by atoms with Crippen LogP contribution in [0, 0.1) is 12.7 Å². The molecule has 0 spiro atoms. The fraction of sp³-hybridized carbons (Fsp3) is 0.318. The van der Waals surface area contributed by atoms with Crippen LogP contribution in [0.15, 0.2) is 53.7 Å². The minimum atomic E-state index is -3.73. The maximum atomic E-state index is 13.5. The molecule has 1 aromatic carbocycles. The highest BCUT2D eigenvalue weighted by molar-refractivity contribution is 7.89. The number of piperidine rings is 1. The molecule has 9 heteroatoms. The standard InChI is InChI=1S/C22H24FN5O2S/c1-15-11-18(23)7-8-20(15)31(29,30)28-10-4-6-17(14-28)19-12-21(24-2)27-22(26-19)16-5-3-9-25-13-16/h3,5,7-9,11-13,17H,4,6,10,14H2,1-2H3,(H,24,26,27)/t17-/m1/s1. The molecule has 7 nitrogen and oxygen atoms in total. The highest BCUT2D eigenvalue weighted by atomic mass is 32.2. The van der Waals surface area contributed by atoms with Crippen LogP contribution in [0.5, 0.6) is 0 Å². The molecule has 31 heavy (non-hydrogen) atoms. The lowest BCUT2D eigenvalue weighted by molar-refractivity contribution is 0.312. The summed E-state index contributed by atoms with van der Waals surface area (Å²) in [5.41, 5.74) is 1.98. The van der Waals surface area contributed by atoms with E-state index in [0.29, 0.717) is 36.7 Å². The van der Waals surface area contributed by atoms with Gasteiger partial charge in [0.1, 0.15) is 11.6 Å². The van der Waals surface area contributed by atoms with Gasteiger partial charge < -0.3 is 5.32 Å². The first-order chi connectivity index (χ1) is 14.9. The highest BCUT2D eigenvalue weighted by Crippen LogP contribution is 2.32. The molecule has 3 heterocycles. The van der Waals surface area contributed by atoms with Gasteiger partial charge in [-0.25, -0.2) is 22.8 Å². The van der Waals surface area contributed by atoms with Crippen LogP contribution < -0.4 is 5.32 Å². The molecule has 0 saturated carbocycles. The Labute approximate surface area is 181 Å². The van der Waals surface area contributed by atoms with Gasteiger partial charge in [-0.1, -0.05) is 0 Å². The molecule has 1 N–H and O–H groups in total. The Hall–Kier alpha value is -2.91. The van der Waals surface area contributed by atoms with E-state index in [1.807, 2.05) is 18.2 Å². The number of rotatable bonds is 5. The van der Waals surface area contributed by atoms with Gasteiger partial charge in [0.25, 0.3) is 0 Å². The SMILES string of the molecule is CNc1cc([C@@H]2CCCN(S(=O)(=O)c3ccc(F)cc3C)C2)nc(-c2cccnc2)n1. The van der Waals surface area contributed by atoms with Crippen molar-refractivity contribution in [2.24, 2.45) is 0 Å². The van der Waals surface area contributed by atoms with E-state index in [2.05, 4.69) is 15.3 Å². The molecule has 3 aromatic rings. The normalized spacial score (nSPS) is 17.5. The van der Waals surface area contributed by atoms with Crippen molar-refractivity contribution in [1.29, 1.82) is 0 Å². The van der Waals surface area contributed by atoms with Crippen LogP contribution in [0.25, 0.3) is 11.4 Å². The number of halogens is 1. The number of nitrogens with zero attached hydrogens (tertiary/aromatic N) is 4. The van der Waals surface area contributed by atoms with E-state index in [1.54, 1.807) is 26.4 Å². The van der Waals surface area contributed by atoms with Crippen LogP contribution in [0.3, 0.4) is 0 Å². The summed E-state index contributed by atoms with van der Waals surface area (Å²) in [4.78, 5) is 13.5. The summed E-state index contributed by atoms with van der Waals surface area (Å²) in [5, 5.41) is 3.06. The molecule has 0 radical (unpaired) electrons. The topological polar surface area (TPSA) is 88.1 Å². The Morgan fingerprint density at radius 3 is 2.74 bits per heavy atom. The van der Waals surface area contributed by atoms with Crippen LogP contribution in [-0.4, -0.2) is 47.8 Å². The third-order valence-electron chi connectivity index (χ3n) is 5.48.